The van der Waals surface area contributed by atoms with Crippen molar-refractivity contribution >= 4 is 17.5 Å². The molecule has 0 saturated carbocycles. The van der Waals surface area contributed by atoms with Crippen molar-refractivity contribution in [2.75, 3.05) is 38.1 Å². The number of rotatable bonds is 10. The minimum absolute atomic E-state index is 0.0885. The van der Waals surface area contributed by atoms with E-state index >= 15 is 0 Å². The molecule has 0 saturated heterocycles. The van der Waals surface area contributed by atoms with Gasteiger partial charge in [0.25, 0.3) is 11.8 Å². The maximum Gasteiger partial charge on any atom is 0.256 e. The first-order valence-corrected chi connectivity index (χ1v) is 13.3. The lowest BCUT2D eigenvalue weighted by molar-refractivity contribution is 0.0623. The summed E-state index contributed by atoms with van der Waals surface area (Å²) in [7, 11) is 1.79. The lowest BCUT2D eigenvalue weighted by atomic mass is 10.0. The zero-order chi connectivity index (χ0) is 27.1. The molecule has 0 spiro atoms. The number of fused-ring (bicyclic) bond motifs is 1. The van der Waals surface area contributed by atoms with E-state index in [0.29, 0.717) is 56.7 Å². The van der Waals surface area contributed by atoms with Crippen LogP contribution in [0.25, 0.3) is 0 Å². The molecule has 0 radical (unpaired) electrons. The number of amides is 2. The zero-order valence-electron chi connectivity index (χ0n) is 22.3. The topological polar surface area (TPSA) is 90.1 Å². The fourth-order valence-corrected chi connectivity index (χ4v) is 5.06. The summed E-state index contributed by atoms with van der Waals surface area (Å²) in [5.41, 5.74) is 11.0. The van der Waals surface area contributed by atoms with Crippen LogP contribution < -0.4 is 10.6 Å². The molecule has 4 rings (SSSR count). The summed E-state index contributed by atoms with van der Waals surface area (Å²) < 4.78 is 0. The molecule has 38 heavy (non-hydrogen) atoms. The summed E-state index contributed by atoms with van der Waals surface area (Å²) >= 11 is 0. The Hall–Kier alpha value is -3.68. The third kappa shape index (κ3) is 6.41. The molecule has 0 fully saturated rings. The van der Waals surface area contributed by atoms with E-state index in [1.807, 2.05) is 67.6 Å². The lowest BCUT2D eigenvalue weighted by Crippen LogP contribution is -2.39. The molecule has 1 aliphatic heterocycles. The standard InChI is InChI=1S/C31H38N4O3/c1-3-34-17-18-35(22-27(36)15-13-24-11-7-8-12-26(24)20-32)31(38)28-16-14-25(19-29(28)34)30(37)33(2)21-23-9-5-4-6-10-23/h4-12,14,16,19,27,36H,3,13,15,17-18,20-22,32H2,1-2H3/t27-/m0/s1. The Morgan fingerprint density at radius 2 is 1.68 bits per heavy atom. The highest BCUT2D eigenvalue weighted by Gasteiger charge is 2.28. The summed E-state index contributed by atoms with van der Waals surface area (Å²) in [5.74, 6) is -0.205. The van der Waals surface area contributed by atoms with Gasteiger partial charge in [-0.3, -0.25) is 9.59 Å². The molecule has 3 N–H and O–H groups in total. The van der Waals surface area contributed by atoms with Crippen molar-refractivity contribution in [3.8, 4) is 0 Å². The molecule has 3 aromatic carbocycles. The van der Waals surface area contributed by atoms with Crippen molar-refractivity contribution in [1.82, 2.24) is 9.80 Å². The maximum atomic E-state index is 13.5. The van der Waals surface area contributed by atoms with Crippen molar-refractivity contribution in [2.45, 2.75) is 39.0 Å². The normalized spacial score (nSPS) is 14.2. The van der Waals surface area contributed by atoms with Crippen molar-refractivity contribution in [3.05, 3.63) is 101 Å². The maximum absolute atomic E-state index is 13.5. The molecule has 7 nitrogen and oxygen atoms in total. The summed E-state index contributed by atoms with van der Waals surface area (Å²) in [6, 6.07) is 23.2. The highest BCUT2D eigenvalue weighted by Crippen LogP contribution is 2.28. The Balaban J connectivity index is 1.46. The molecule has 3 aromatic rings. The van der Waals surface area contributed by atoms with Gasteiger partial charge in [0.2, 0.25) is 0 Å². The Bertz CT molecular complexity index is 1250. The van der Waals surface area contributed by atoms with Crippen molar-refractivity contribution < 1.29 is 14.7 Å². The number of hydrogen-bond donors (Lipinski definition) is 2. The van der Waals surface area contributed by atoms with E-state index in [-0.39, 0.29) is 18.4 Å². The van der Waals surface area contributed by atoms with E-state index in [9.17, 15) is 14.7 Å². The van der Waals surface area contributed by atoms with Gasteiger partial charge in [-0.05, 0) is 54.7 Å². The largest absolute Gasteiger partial charge is 0.391 e. The average molecular weight is 515 g/mol. The first kappa shape index (κ1) is 27.4. The Morgan fingerprint density at radius 1 is 1.00 bits per heavy atom. The average Bonchev–Trinajstić information content (AvgIpc) is 3.07. The van der Waals surface area contributed by atoms with Crippen molar-refractivity contribution in [3.63, 3.8) is 0 Å². The third-order valence-electron chi connectivity index (χ3n) is 7.25. The number of anilines is 1. The Morgan fingerprint density at radius 3 is 2.39 bits per heavy atom. The predicted octanol–water partition coefficient (Wildman–Crippen LogP) is 3.69. The summed E-state index contributed by atoms with van der Waals surface area (Å²) in [5, 5.41) is 10.8. The van der Waals surface area contributed by atoms with Crippen molar-refractivity contribution in [2.24, 2.45) is 5.73 Å². The van der Waals surface area contributed by atoms with Crippen LogP contribution in [-0.4, -0.2) is 66.1 Å². The number of aryl methyl sites for hydroxylation is 1. The highest BCUT2D eigenvalue weighted by molar-refractivity contribution is 6.03. The second kappa shape index (κ2) is 12.7. The Labute approximate surface area is 225 Å². The number of carbonyl (C=O) groups excluding carboxylic acids is 2. The number of carbonyl (C=O) groups is 2. The molecule has 1 aliphatic rings. The second-order valence-corrected chi connectivity index (χ2v) is 9.87. The number of hydrogen-bond acceptors (Lipinski definition) is 5. The molecule has 200 valence electrons. The minimum Gasteiger partial charge on any atom is -0.391 e. The second-order valence-electron chi connectivity index (χ2n) is 9.87. The van der Waals surface area contributed by atoms with Crippen LogP contribution in [0.3, 0.4) is 0 Å². The van der Waals surface area contributed by atoms with Crippen LogP contribution in [0.5, 0.6) is 0 Å². The van der Waals surface area contributed by atoms with E-state index in [2.05, 4.69) is 4.90 Å². The molecular formula is C31H38N4O3. The summed E-state index contributed by atoms with van der Waals surface area (Å²) in [6.07, 6.45) is 0.608. The fraction of sp³-hybridized carbons (Fsp3) is 0.355. The van der Waals surface area contributed by atoms with Gasteiger partial charge in [-0.25, -0.2) is 0 Å². The molecule has 7 heteroatoms. The minimum atomic E-state index is -0.645. The highest BCUT2D eigenvalue weighted by atomic mass is 16.3. The van der Waals surface area contributed by atoms with Gasteiger partial charge in [0.05, 0.1) is 17.4 Å². The van der Waals surface area contributed by atoms with Crippen LogP contribution in [0.2, 0.25) is 0 Å². The number of nitrogens with two attached hydrogens (primary N) is 1. The quantitative estimate of drug-likeness (QED) is 0.431. The van der Waals surface area contributed by atoms with Gasteiger partial charge >= 0.3 is 0 Å². The van der Waals surface area contributed by atoms with Crippen LogP contribution in [0, 0.1) is 0 Å². The summed E-state index contributed by atoms with van der Waals surface area (Å²) in [6.45, 7) is 5.14. The van der Waals surface area contributed by atoms with Gasteiger partial charge < -0.3 is 25.5 Å². The SMILES string of the molecule is CCN1CCN(C[C@@H](O)CCc2ccccc2CN)C(=O)c2ccc(C(=O)N(C)Cc3ccccc3)cc21. The van der Waals surface area contributed by atoms with Gasteiger partial charge in [-0.2, -0.15) is 0 Å². The van der Waals surface area contributed by atoms with Gasteiger partial charge in [0.1, 0.15) is 0 Å². The van der Waals surface area contributed by atoms with Crippen LogP contribution in [-0.2, 0) is 19.5 Å². The number of benzene rings is 3. The molecule has 0 aliphatic carbocycles. The molecule has 0 aromatic heterocycles. The monoisotopic (exact) mass is 514 g/mol. The van der Waals surface area contributed by atoms with E-state index in [1.54, 1.807) is 29.0 Å². The molecular weight excluding hydrogens is 476 g/mol. The lowest BCUT2D eigenvalue weighted by Gasteiger charge is -2.25. The van der Waals surface area contributed by atoms with Gasteiger partial charge in [-0.15, -0.1) is 0 Å². The molecule has 1 atom stereocenters. The van der Waals surface area contributed by atoms with Crippen LogP contribution in [0.15, 0.2) is 72.8 Å². The van der Waals surface area contributed by atoms with E-state index < -0.39 is 6.10 Å². The first-order valence-electron chi connectivity index (χ1n) is 13.3. The summed E-state index contributed by atoms with van der Waals surface area (Å²) in [4.78, 5) is 32.3. The molecule has 0 bridgehead atoms. The first-order chi connectivity index (χ1) is 18.4. The number of likely N-dealkylation sites (N-methyl/N-ethyl adjacent to an activating group) is 1. The predicted molar refractivity (Wildman–Crippen MR) is 151 cm³/mol. The molecule has 1 heterocycles. The van der Waals surface area contributed by atoms with E-state index in [4.69, 9.17) is 5.73 Å². The van der Waals surface area contributed by atoms with E-state index in [0.717, 1.165) is 22.4 Å². The fourth-order valence-electron chi connectivity index (χ4n) is 5.06. The van der Waals surface area contributed by atoms with Gasteiger partial charge in [0, 0.05) is 51.9 Å². The van der Waals surface area contributed by atoms with Crippen LogP contribution in [0.1, 0.15) is 50.8 Å². The third-order valence-corrected chi connectivity index (χ3v) is 7.25. The smallest absolute Gasteiger partial charge is 0.256 e. The zero-order valence-corrected chi connectivity index (χ0v) is 22.3. The number of aliphatic hydroxyl groups is 1. The van der Waals surface area contributed by atoms with Crippen molar-refractivity contribution in [1.29, 1.82) is 0 Å². The van der Waals surface area contributed by atoms with Crippen LogP contribution in [0.4, 0.5) is 5.69 Å². The number of aliphatic hydroxyl groups excluding tert-OH is 1. The number of β-amino-alcohol motifs (C(OH)–C–C–N with tert-alkyl or cyclic N) is 1. The van der Waals surface area contributed by atoms with E-state index in [1.165, 1.54) is 0 Å². The molecule has 0 unspecified atom stereocenters. The number of nitrogens with zero attached hydrogens (tertiary/aromatic N) is 3. The van der Waals surface area contributed by atoms with Gasteiger partial charge in [-0.1, -0.05) is 54.6 Å². The van der Waals surface area contributed by atoms with Gasteiger partial charge in [0.15, 0.2) is 0 Å². The molecule has 2 amide bonds. The Kier molecular flexibility index (Phi) is 9.15. The van der Waals surface area contributed by atoms with Crippen LogP contribution >= 0.6 is 0 Å².